The number of rotatable bonds is 7. The van der Waals surface area contributed by atoms with E-state index < -0.39 is 0 Å². The molecule has 0 radical (unpaired) electrons. The van der Waals surface area contributed by atoms with Crippen LogP contribution in [0.3, 0.4) is 0 Å². The normalized spacial score (nSPS) is 18.7. The highest BCUT2D eigenvalue weighted by Crippen LogP contribution is 2.36. The van der Waals surface area contributed by atoms with Gasteiger partial charge in [-0.05, 0) is 43.6 Å². The van der Waals surface area contributed by atoms with Gasteiger partial charge in [0.25, 0.3) is 5.56 Å². The van der Waals surface area contributed by atoms with E-state index in [1.165, 1.54) is 22.2 Å². The highest BCUT2D eigenvalue weighted by Gasteiger charge is 2.25. The number of aromatic nitrogens is 4. The number of thioether (sulfide) groups is 1. The number of nitrogens with zero attached hydrogens (tertiary/aromatic N) is 4. The maximum absolute atomic E-state index is 13.5. The fourth-order valence-electron chi connectivity index (χ4n) is 4.24. The van der Waals surface area contributed by atoms with Crippen LogP contribution in [0.1, 0.15) is 55.3 Å². The molecule has 3 aromatic heterocycles. The van der Waals surface area contributed by atoms with Gasteiger partial charge in [0.15, 0.2) is 11.0 Å². The van der Waals surface area contributed by atoms with Crippen LogP contribution in [0, 0.1) is 5.92 Å². The third-order valence-corrected chi connectivity index (χ3v) is 7.77. The summed E-state index contributed by atoms with van der Waals surface area (Å²) in [7, 11) is 0. The lowest BCUT2D eigenvalue weighted by Crippen LogP contribution is -2.28. The standard InChI is InChI=1S/C21H26N4O3S2/c1-12(2)9-16-22-17(28-24-16)11-29-21-23-19-18(14-6-3-7-15(14)30-19)20(26)25(21)10-13-5-4-8-27-13/h12-13H,3-11H2,1-2H3. The Morgan fingerprint density at radius 3 is 2.97 bits per heavy atom. The minimum absolute atomic E-state index is 0.0726. The van der Waals surface area contributed by atoms with E-state index in [9.17, 15) is 4.79 Å². The van der Waals surface area contributed by atoms with Gasteiger partial charge in [-0.3, -0.25) is 9.36 Å². The smallest absolute Gasteiger partial charge is 0.263 e. The topological polar surface area (TPSA) is 83.0 Å². The highest BCUT2D eigenvalue weighted by molar-refractivity contribution is 7.98. The van der Waals surface area contributed by atoms with Gasteiger partial charge in [0.05, 0.1) is 23.8 Å². The minimum atomic E-state index is 0.0726. The Balaban J connectivity index is 1.46. The predicted molar refractivity (Wildman–Crippen MR) is 117 cm³/mol. The zero-order valence-corrected chi connectivity index (χ0v) is 19.0. The van der Waals surface area contributed by atoms with Crippen molar-refractivity contribution < 1.29 is 9.26 Å². The van der Waals surface area contributed by atoms with Crippen molar-refractivity contribution in [3.05, 3.63) is 32.5 Å². The Kier molecular flexibility index (Phi) is 5.68. The first-order valence-corrected chi connectivity index (χ1v) is 12.5. The van der Waals surface area contributed by atoms with Gasteiger partial charge >= 0.3 is 0 Å². The molecule has 0 saturated carbocycles. The lowest BCUT2D eigenvalue weighted by molar-refractivity contribution is 0.0937. The summed E-state index contributed by atoms with van der Waals surface area (Å²) in [6.45, 7) is 5.58. The Morgan fingerprint density at radius 2 is 2.17 bits per heavy atom. The number of fused-ring (bicyclic) bond motifs is 3. The monoisotopic (exact) mass is 446 g/mol. The molecule has 1 aliphatic carbocycles. The molecule has 160 valence electrons. The van der Waals surface area contributed by atoms with Crippen molar-refractivity contribution in [2.75, 3.05) is 6.61 Å². The van der Waals surface area contributed by atoms with Crippen molar-refractivity contribution in [1.29, 1.82) is 0 Å². The van der Waals surface area contributed by atoms with Crippen LogP contribution in [0.4, 0.5) is 0 Å². The highest BCUT2D eigenvalue weighted by atomic mass is 32.2. The average Bonchev–Trinajstić information content (AvgIpc) is 3.47. The molecule has 3 aromatic rings. The maximum Gasteiger partial charge on any atom is 0.263 e. The molecule has 7 nitrogen and oxygen atoms in total. The Morgan fingerprint density at radius 1 is 1.27 bits per heavy atom. The summed E-state index contributed by atoms with van der Waals surface area (Å²) < 4.78 is 13.0. The fraction of sp³-hybridized carbons (Fsp3) is 0.619. The molecule has 0 aromatic carbocycles. The summed E-state index contributed by atoms with van der Waals surface area (Å²) >= 11 is 3.17. The van der Waals surface area contributed by atoms with Crippen LogP contribution in [0.25, 0.3) is 10.2 Å². The van der Waals surface area contributed by atoms with Crippen molar-refractivity contribution in [3.8, 4) is 0 Å². The van der Waals surface area contributed by atoms with Crippen molar-refractivity contribution in [2.45, 2.75) is 75.9 Å². The summed E-state index contributed by atoms with van der Waals surface area (Å²) in [5, 5.41) is 5.61. The first-order valence-electron chi connectivity index (χ1n) is 10.7. The van der Waals surface area contributed by atoms with E-state index >= 15 is 0 Å². The lowest BCUT2D eigenvalue weighted by atomic mass is 10.1. The van der Waals surface area contributed by atoms with Crippen molar-refractivity contribution in [1.82, 2.24) is 19.7 Å². The SMILES string of the molecule is CC(C)Cc1noc(CSc2nc3sc4c(c3c(=O)n2CC2CCCO2)CCC4)n1. The van der Waals surface area contributed by atoms with E-state index in [0.29, 0.717) is 29.3 Å². The molecular formula is C21H26N4O3S2. The summed E-state index contributed by atoms with van der Waals surface area (Å²) in [6.07, 6.45) is 6.08. The molecular weight excluding hydrogens is 420 g/mol. The van der Waals surface area contributed by atoms with Crippen LogP contribution in [0.15, 0.2) is 14.5 Å². The second-order valence-electron chi connectivity index (χ2n) is 8.47. The zero-order valence-electron chi connectivity index (χ0n) is 17.3. The summed E-state index contributed by atoms with van der Waals surface area (Å²) in [5.74, 6) is 2.28. The molecule has 1 fully saturated rings. The summed E-state index contributed by atoms with van der Waals surface area (Å²) in [6, 6.07) is 0. The molecule has 5 rings (SSSR count). The van der Waals surface area contributed by atoms with Crippen molar-refractivity contribution >= 4 is 33.3 Å². The van der Waals surface area contributed by atoms with Crippen molar-refractivity contribution in [3.63, 3.8) is 0 Å². The molecule has 0 bridgehead atoms. The number of ether oxygens (including phenoxy) is 1. The van der Waals surface area contributed by atoms with E-state index in [-0.39, 0.29) is 11.7 Å². The molecule has 0 spiro atoms. The molecule has 0 N–H and O–H groups in total. The van der Waals surface area contributed by atoms with E-state index in [4.69, 9.17) is 14.2 Å². The van der Waals surface area contributed by atoms with Gasteiger partial charge in [0, 0.05) is 17.9 Å². The van der Waals surface area contributed by atoms with E-state index in [0.717, 1.165) is 61.2 Å². The molecule has 9 heteroatoms. The predicted octanol–water partition coefficient (Wildman–Crippen LogP) is 4.00. The van der Waals surface area contributed by atoms with E-state index in [2.05, 4.69) is 24.0 Å². The van der Waals surface area contributed by atoms with Gasteiger partial charge in [-0.25, -0.2) is 4.98 Å². The van der Waals surface area contributed by atoms with Crippen molar-refractivity contribution in [2.24, 2.45) is 5.92 Å². The van der Waals surface area contributed by atoms with Crippen LogP contribution in [0.2, 0.25) is 0 Å². The zero-order chi connectivity index (χ0) is 20.7. The first-order chi connectivity index (χ1) is 14.6. The Hall–Kier alpha value is -1.71. The molecule has 1 saturated heterocycles. The van der Waals surface area contributed by atoms with Gasteiger partial charge in [-0.15, -0.1) is 11.3 Å². The molecule has 4 heterocycles. The second kappa shape index (κ2) is 8.43. The Bertz CT molecular complexity index is 1110. The molecule has 0 amide bonds. The molecule has 1 atom stereocenters. The van der Waals surface area contributed by atoms with Gasteiger partial charge in [-0.2, -0.15) is 4.98 Å². The van der Waals surface area contributed by atoms with E-state index in [1.807, 2.05) is 4.57 Å². The maximum atomic E-state index is 13.5. The number of hydrogen-bond donors (Lipinski definition) is 0. The third kappa shape index (κ3) is 3.94. The molecule has 2 aliphatic rings. The molecule has 30 heavy (non-hydrogen) atoms. The van der Waals surface area contributed by atoms with Crippen LogP contribution < -0.4 is 5.56 Å². The largest absolute Gasteiger partial charge is 0.376 e. The van der Waals surface area contributed by atoms with Crippen LogP contribution in [-0.2, 0) is 36.3 Å². The first kappa shape index (κ1) is 20.2. The van der Waals surface area contributed by atoms with Gasteiger partial charge < -0.3 is 9.26 Å². The molecule has 1 aliphatic heterocycles. The number of hydrogen-bond acceptors (Lipinski definition) is 8. The second-order valence-corrected chi connectivity index (χ2v) is 10.5. The lowest BCUT2D eigenvalue weighted by Gasteiger charge is -2.15. The average molecular weight is 447 g/mol. The third-order valence-electron chi connectivity index (χ3n) is 5.63. The van der Waals surface area contributed by atoms with Crippen LogP contribution in [-0.4, -0.2) is 32.4 Å². The summed E-state index contributed by atoms with van der Waals surface area (Å²) in [5.41, 5.74) is 1.30. The Labute approximate surface area is 183 Å². The van der Waals surface area contributed by atoms with Gasteiger partial charge in [-0.1, -0.05) is 30.8 Å². The number of thiophene rings is 1. The number of aryl methyl sites for hydroxylation is 2. The van der Waals surface area contributed by atoms with Crippen LogP contribution >= 0.6 is 23.1 Å². The van der Waals surface area contributed by atoms with Crippen LogP contribution in [0.5, 0.6) is 0 Å². The minimum Gasteiger partial charge on any atom is -0.376 e. The summed E-state index contributed by atoms with van der Waals surface area (Å²) in [4.78, 5) is 25.1. The van der Waals surface area contributed by atoms with E-state index in [1.54, 1.807) is 11.3 Å². The fourth-order valence-corrected chi connectivity index (χ4v) is 6.39. The van der Waals surface area contributed by atoms with Gasteiger partial charge in [0.2, 0.25) is 5.89 Å². The molecule has 1 unspecified atom stereocenters. The van der Waals surface area contributed by atoms with Gasteiger partial charge in [0.1, 0.15) is 4.83 Å². The quantitative estimate of drug-likeness (QED) is 0.401.